The van der Waals surface area contributed by atoms with E-state index >= 15 is 0 Å². The fraction of sp³-hybridized carbons (Fsp3) is 0.939. The van der Waals surface area contributed by atoms with Crippen molar-refractivity contribution in [3.8, 4) is 0 Å². The molecule has 14 atom stereocenters. The molecule has 0 radical (unpaired) electrons. The van der Waals surface area contributed by atoms with Gasteiger partial charge in [-0.05, 0) is 92.8 Å². The normalized spacial score (nSPS) is 60.8. The molecular formula is C33H50N2O5. The molecular weight excluding hydrogens is 504 g/mol. The van der Waals surface area contributed by atoms with E-state index in [0.717, 1.165) is 32.1 Å². The van der Waals surface area contributed by atoms with Crippen LogP contribution in [-0.2, 0) is 9.47 Å². The summed E-state index contributed by atoms with van der Waals surface area (Å²) in [5.41, 5.74) is -2.76. The van der Waals surface area contributed by atoms with E-state index in [9.17, 15) is 15.3 Å². The molecule has 5 aliphatic carbocycles. The van der Waals surface area contributed by atoms with Gasteiger partial charge in [-0.3, -0.25) is 4.99 Å². The van der Waals surface area contributed by atoms with Gasteiger partial charge in [-0.15, -0.1) is 0 Å². The van der Waals surface area contributed by atoms with Gasteiger partial charge in [-0.2, -0.15) is 0 Å². The summed E-state index contributed by atoms with van der Waals surface area (Å²) in [5, 5.41) is 33.2. The van der Waals surface area contributed by atoms with Crippen molar-refractivity contribution in [2.45, 2.75) is 142 Å². The van der Waals surface area contributed by atoms with Crippen LogP contribution in [0.25, 0.3) is 0 Å². The number of fused-ring (bicyclic) bond motifs is 3. The Bertz CT molecular complexity index is 1240. The number of aliphatic hydroxyl groups is 3. The lowest BCUT2D eigenvalue weighted by molar-refractivity contribution is -0.246. The first-order valence-corrected chi connectivity index (χ1v) is 16.1. The second-order valence-corrected chi connectivity index (χ2v) is 16.9. The Labute approximate surface area is 239 Å². The zero-order valence-electron chi connectivity index (χ0n) is 25.7. The molecule has 0 bridgehead atoms. The standard InChI is InChI=1S/C33H50N2O5/c1-17-30-12-11-23(36)26(3,4)21(30)9-10-22-29(8)25-33(35-18(2)39-25)32(28(29,7)13-14-31(17,22)30)19(16-34-32)15-20(40-33)24(37)27(5,6)38/h16-17,19-25,36-38H,9-15H2,1-8H3. The SMILES string of the molecule is CC1=NC23OC(C(O)C(C)(C)O)CC4C=NC42C2(C)CCC45C(CCC6C(C)(C)C(O)CCC64C5C)C2(C)C3O1. The highest BCUT2D eigenvalue weighted by Crippen LogP contribution is 2.93. The zero-order valence-corrected chi connectivity index (χ0v) is 25.7. The maximum Gasteiger partial charge on any atom is 0.226 e. The van der Waals surface area contributed by atoms with Crippen LogP contribution < -0.4 is 0 Å². The van der Waals surface area contributed by atoms with E-state index in [0.29, 0.717) is 30.1 Å². The predicted molar refractivity (Wildman–Crippen MR) is 152 cm³/mol. The van der Waals surface area contributed by atoms with Gasteiger partial charge in [0.15, 0.2) is 12.0 Å². The quantitative estimate of drug-likeness (QED) is 0.466. The first-order chi connectivity index (χ1) is 18.5. The fourth-order valence-corrected chi connectivity index (χ4v) is 13.9. The lowest BCUT2D eigenvalue weighted by Crippen LogP contribution is -2.73. The summed E-state index contributed by atoms with van der Waals surface area (Å²) in [5.74, 6) is 2.39. The molecule has 7 heteroatoms. The molecule has 5 saturated carbocycles. The molecule has 7 nitrogen and oxygen atoms in total. The van der Waals surface area contributed by atoms with Crippen molar-refractivity contribution < 1.29 is 24.8 Å². The van der Waals surface area contributed by atoms with Crippen molar-refractivity contribution in [1.29, 1.82) is 0 Å². The number of aliphatic imine (C=N–C) groups is 2. The van der Waals surface area contributed by atoms with E-state index in [1.807, 2.05) is 6.92 Å². The largest absolute Gasteiger partial charge is 0.472 e. The molecule has 0 aromatic rings. The smallest absolute Gasteiger partial charge is 0.226 e. The number of nitrogens with zero attached hydrogens (tertiary/aromatic N) is 2. The van der Waals surface area contributed by atoms with E-state index in [-0.39, 0.29) is 45.2 Å². The maximum absolute atomic E-state index is 11.3. The molecule has 8 rings (SSSR count). The first-order valence-electron chi connectivity index (χ1n) is 16.1. The van der Waals surface area contributed by atoms with Gasteiger partial charge in [0.1, 0.15) is 11.6 Å². The third kappa shape index (κ3) is 2.28. The van der Waals surface area contributed by atoms with Crippen molar-refractivity contribution in [2.75, 3.05) is 0 Å². The van der Waals surface area contributed by atoms with Crippen molar-refractivity contribution in [1.82, 2.24) is 0 Å². The number of rotatable bonds is 2. The molecule has 40 heavy (non-hydrogen) atoms. The molecule has 8 aliphatic rings. The topological polar surface area (TPSA) is 104 Å². The van der Waals surface area contributed by atoms with Crippen LogP contribution in [0, 0.1) is 50.7 Å². The van der Waals surface area contributed by atoms with E-state index in [2.05, 4.69) is 40.8 Å². The molecule has 0 amide bonds. The minimum Gasteiger partial charge on any atom is -0.472 e. The van der Waals surface area contributed by atoms with Gasteiger partial charge in [0, 0.05) is 29.9 Å². The molecule has 6 fully saturated rings. The first kappa shape index (κ1) is 26.6. The van der Waals surface area contributed by atoms with Gasteiger partial charge in [0.25, 0.3) is 0 Å². The van der Waals surface area contributed by atoms with Gasteiger partial charge < -0.3 is 24.8 Å². The molecule has 4 spiro atoms. The van der Waals surface area contributed by atoms with Crippen LogP contribution >= 0.6 is 0 Å². The molecule has 14 unspecified atom stereocenters. The monoisotopic (exact) mass is 554 g/mol. The van der Waals surface area contributed by atoms with Crippen molar-refractivity contribution in [2.24, 2.45) is 60.7 Å². The van der Waals surface area contributed by atoms with Crippen LogP contribution in [0.1, 0.15) is 100 Å². The van der Waals surface area contributed by atoms with Gasteiger partial charge >= 0.3 is 0 Å². The molecule has 3 N–H and O–H groups in total. The number of aliphatic hydroxyl groups excluding tert-OH is 2. The van der Waals surface area contributed by atoms with Gasteiger partial charge in [0.05, 0.1) is 17.8 Å². The van der Waals surface area contributed by atoms with Gasteiger partial charge in [-0.1, -0.05) is 34.6 Å². The summed E-state index contributed by atoms with van der Waals surface area (Å²) < 4.78 is 13.9. The zero-order chi connectivity index (χ0) is 28.7. The van der Waals surface area contributed by atoms with E-state index in [1.54, 1.807) is 13.8 Å². The highest BCUT2D eigenvalue weighted by Gasteiger charge is 2.94. The number of hydrogen-bond acceptors (Lipinski definition) is 7. The second kappa shape index (κ2) is 7.03. The summed E-state index contributed by atoms with van der Waals surface area (Å²) in [4.78, 5) is 10.5. The third-order valence-corrected chi connectivity index (χ3v) is 15.6. The van der Waals surface area contributed by atoms with Crippen LogP contribution in [0.2, 0.25) is 0 Å². The van der Waals surface area contributed by atoms with E-state index in [1.165, 1.54) is 6.42 Å². The Kier molecular flexibility index (Phi) is 4.67. The van der Waals surface area contributed by atoms with Crippen LogP contribution in [0.4, 0.5) is 0 Å². The summed E-state index contributed by atoms with van der Waals surface area (Å²) in [6, 6.07) is 0. The van der Waals surface area contributed by atoms with E-state index < -0.39 is 29.1 Å². The molecule has 3 heterocycles. The predicted octanol–water partition coefficient (Wildman–Crippen LogP) is 4.51. The van der Waals surface area contributed by atoms with Gasteiger partial charge in [0.2, 0.25) is 5.72 Å². The van der Waals surface area contributed by atoms with Crippen LogP contribution in [0.15, 0.2) is 9.98 Å². The molecule has 222 valence electrons. The number of hydrogen-bond donors (Lipinski definition) is 3. The van der Waals surface area contributed by atoms with Crippen molar-refractivity contribution >= 4 is 12.1 Å². The lowest BCUT2D eigenvalue weighted by Gasteiger charge is -2.66. The minimum absolute atomic E-state index is 0.0668. The summed E-state index contributed by atoms with van der Waals surface area (Å²) in [6.07, 6.45) is 7.19. The third-order valence-electron chi connectivity index (χ3n) is 15.6. The van der Waals surface area contributed by atoms with Crippen LogP contribution in [0.3, 0.4) is 0 Å². The second-order valence-electron chi connectivity index (χ2n) is 16.9. The maximum atomic E-state index is 11.3. The van der Waals surface area contributed by atoms with Crippen molar-refractivity contribution in [3.05, 3.63) is 0 Å². The molecule has 3 aliphatic heterocycles. The lowest BCUT2D eigenvalue weighted by atomic mass is 9.40. The molecule has 0 aromatic carbocycles. The summed E-state index contributed by atoms with van der Waals surface area (Å²) in [6.45, 7) is 17.4. The molecule has 0 aromatic heterocycles. The Balaban J connectivity index is 1.28. The average molecular weight is 555 g/mol. The number of ether oxygens (including phenoxy) is 2. The fourth-order valence-electron chi connectivity index (χ4n) is 13.9. The van der Waals surface area contributed by atoms with Crippen LogP contribution in [0.5, 0.6) is 0 Å². The Morgan fingerprint density at radius 3 is 2.35 bits per heavy atom. The summed E-state index contributed by atoms with van der Waals surface area (Å²) >= 11 is 0. The van der Waals surface area contributed by atoms with Crippen molar-refractivity contribution in [3.63, 3.8) is 0 Å². The molecule has 1 saturated heterocycles. The van der Waals surface area contributed by atoms with Gasteiger partial charge in [-0.25, -0.2) is 4.99 Å². The Hall–Kier alpha value is -1.02. The minimum atomic E-state index is -1.29. The Morgan fingerprint density at radius 1 is 1.02 bits per heavy atom. The summed E-state index contributed by atoms with van der Waals surface area (Å²) in [7, 11) is 0. The highest BCUT2D eigenvalue weighted by atomic mass is 16.6. The van der Waals surface area contributed by atoms with Crippen LogP contribution in [-0.4, -0.2) is 68.7 Å². The van der Waals surface area contributed by atoms with E-state index in [4.69, 9.17) is 19.5 Å². The highest BCUT2D eigenvalue weighted by molar-refractivity contribution is 5.80. The Morgan fingerprint density at radius 2 is 1.70 bits per heavy atom. The average Bonchev–Trinajstić information content (AvgIpc) is 3.12.